The lowest BCUT2D eigenvalue weighted by atomic mass is 10.2. The third-order valence-corrected chi connectivity index (χ3v) is 6.32. The number of halogens is 2. The van der Waals surface area contributed by atoms with Gasteiger partial charge in [-0.2, -0.15) is 0 Å². The number of nitrogens with zero attached hydrogens (tertiary/aromatic N) is 3. The monoisotopic (exact) mass is 418 g/mol. The molecular formula is C20H20F2N4O2S. The molecular weight excluding hydrogens is 398 g/mol. The van der Waals surface area contributed by atoms with Crippen LogP contribution in [0.25, 0.3) is 10.9 Å². The number of hydrogen-bond acceptors (Lipinski definition) is 5. The Morgan fingerprint density at radius 3 is 2.45 bits per heavy atom. The van der Waals surface area contributed by atoms with E-state index in [1.807, 2.05) is 11.8 Å². The zero-order valence-corrected chi connectivity index (χ0v) is 16.6. The van der Waals surface area contributed by atoms with Crippen molar-refractivity contribution in [3.63, 3.8) is 0 Å². The third-order valence-electron chi connectivity index (χ3n) is 4.90. The fourth-order valence-corrected chi connectivity index (χ4v) is 4.38. The second-order valence-electron chi connectivity index (χ2n) is 7.08. The summed E-state index contributed by atoms with van der Waals surface area (Å²) in [7, 11) is -3.77. The van der Waals surface area contributed by atoms with E-state index in [0.29, 0.717) is 5.82 Å². The number of nitrogens with one attached hydrogen (secondary N) is 1. The van der Waals surface area contributed by atoms with E-state index >= 15 is 0 Å². The van der Waals surface area contributed by atoms with Crippen molar-refractivity contribution in [1.29, 1.82) is 0 Å². The van der Waals surface area contributed by atoms with Gasteiger partial charge in [0.15, 0.2) is 5.82 Å². The highest BCUT2D eigenvalue weighted by molar-refractivity contribution is 7.89. The van der Waals surface area contributed by atoms with Gasteiger partial charge in [-0.05, 0) is 38.0 Å². The van der Waals surface area contributed by atoms with Crippen molar-refractivity contribution in [3.05, 3.63) is 59.4 Å². The number of fused-ring (bicyclic) bond motifs is 1. The van der Waals surface area contributed by atoms with E-state index in [1.165, 1.54) is 18.2 Å². The van der Waals surface area contributed by atoms with Crippen LogP contribution in [0.1, 0.15) is 24.2 Å². The van der Waals surface area contributed by atoms with Crippen LogP contribution in [-0.2, 0) is 16.6 Å². The predicted molar refractivity (Wildman–Crippen MR) is 106 cm³/mol. The van der Waals surface area contributed by atoms with Crippen molar-refractivity contribution in [2.75, 3.05) is 18.0 Å². The molecule has 6 nitrogen and oxygen atoms in total. The lowest BCUT2D eigenvalue weighted by Crippen LogP contribution is -2.26. The number of aromatic nitrogens is 2. The summed E-state index contributed by atoms with van der Waals surface area (Å²) in [6.45, 7) is 3.10. The van der Waals surface area contributed by atoms with E-state index in [2.05, 4.69) is 14.7 Å². The summed E-state index contributed by atoms with van der Waals surface area (Å²) in [5, 5.41) is 0.287. The minimum absolute atomic E-state index is 0.0205. The van der Waals surface area contributed by atoms with E-state index < -0.39 is 21.7 Å². The van der Waals surface area contributed by atoms with E-state index in [1.54, 1.807) is 12.1 Å². The Hall–Kier alpha value is -2.65. The maximum Gasteiger partial charge on any atom is 0.240 e. The highest BCUT2D eigenvalue weighted by atomic mass is 32.2. The Morgan fingerprint density at radius 2 is 1.76 bits per heavy atom. The Morgan fingerprint density at radius 1 is 1.07 bits per heavy atom. The van der Waals surface area contributed by atoms with Crippen molar-refractivity contribution in [2.24, 2.45) is 0 Å². The van der Waals surface area contributed by atoms with Gasteiger partial charge in [-0.25, -0.2) is 31.9 Å². The molecule has 0 aliphatic carbocycles. The third kappa shape index (κ3) is 4.06. The van der Waals surface area contributed by atoms with Crippen LogP contribution >= 0.6 is 0 Å². The van der Waals surface area contributed by atoms with Gasteiger partial charge in [0.05, 0.1) is 11.4 Å². The molecule has 29 heavy (non-hydrogen) atoms. The van der Waals surface area contributed by atoms with Crippen molar-refractivity contribution < 1.29 is 17.2 Å². The maximum atomic E-state index is 14.4. The zero-order chi connectivity index (χ0) is 20.6. The summed E-state index contributed by atoms with van der Waals surface area (Å²) in [5.41, 5.74) is 0.924. The standard InChI is InChI=1S/C20H20F2N4O2S/c1-13-4-6-15(7-5-13)29(27,28)23-12-18-24-19-16(10-14(21)11-17(19)22)20(25-18)26-8-2-3-9-26/h4-7,10-11,23H,2-3,8-9,12H2,1H3. The number of sulfonamides is 1. The number of rotatable bonds is 5. The quantitative estimate of drug-likeness (QED) is 0.688. The van der Waals surface area contributed by atoms with Crippen LogP contribution in [0.4, 0.5) is 14.6 Å². The van der Waals surface area contributed by atoms with E-state index in [4.69, 9.17) is 0 Å². The highest BCUT2D eigenvalue weighted by Gasteiger charge is 2.21. The Kier molecular flexibility index (Phi) is 5.18. The number of aryl methyl sites for hydroxylation is 1. The SMILES string of the molecule is Cc1ccc(S(=O)(=O)NCc2nc(N3CCCC3)c3cc(F)cc(F)c3n2)cc1. The van der Waals surface area contributed by atoms with Gasteiger partial charge in [0, 0.05) is 24.5 Å². The molecule has 2 heterocycles. The lowest BCUT2D eigenvalue weighted by molar-refractivity contribution is 0.579. The largest absolute Gasteiger partial charge is 0.356 e. The van der Waals surface area contributed by atoms with Crippen LogP contribution in [0.5, 0.6) is 0 Å². The van der Waals surface area contributed by atoms with Crippen LogP contribution in [0.15, 0.2) is 41.3 Å². The van der Waals surface area contributed by atoms with E-state index in [-0.39, 0.29) is 28.2 Å². The van der Waals surface area contributed by atoms with Gasteiger partial charge < -0.3 is 4.90 Å². The van der Waals surface area contributed by atoms with Gasteiger partial charge >= 0.3 is 0 Å². The summed E-state index contributed by atoms with van der Waals surface area (Å²) in [6, 6.07) is 8.41. The van der Waals surface area contributed by atoms with Crippen LogP contribution < -0.4 is 9.62 Å². The molecule has 0 radical (unpaired) electrons. The second-order valence-corrected chi connectivity index (χ2v) is 8.85. The summed E-state index contributed by atoms with van der Waals surface area (Å²) in [4.78, 5) is 10.7. The first-order valence-electron chi connectivity index (χ1n) is 9.30. The van der Waals surface area contributed by atoms with Crippen molar-refractivity contribution >= 4 is 26.7 Å². The smallest absolute Gasteiger partial charge is 0.240 e. The van der Waals surface area contributed by atoms with Gasteiger partial charge in [-0.3, -0.25) is 0 Å². The molecule has 1 aliphatic rings. The number of anilines is 1. The molecule has 1 N–H and O–H groups in total. The van der Waals surface area contributed by atoms with Crippen LogP contribution in [0.2, 0.25) is 0 Å². The molecule has 3 aromatic rings. The molecule has 1 aromatic heterocycles. The zero-order valence-electron chi connectivity index (χ0n) is 15.8. The molecule has 1 aliphatic heterocycles. The Bertz CT molecular complexity index is 1160. The van der Waals surface area contributed by atoms with Gasteiger partial charge in [0.2, 0.25) is 10.0 Å². The van der Waals surface area contributed by atoms with Crippen molar-refractivity contribution in [2.45, 2.75) is 31.2 Å². The van der Waals surface area contributed by atoms with E-state index in [9.17, 15) is 17.2 Å². The molecule has 0 bridgehead atoms. The van der Waals surface area contributed by atoms with Gasteiger partial charge in [0.25, 0.3) is 0 Å². The van der Waals surface area contributed by atoms with Gasteiger partial charge in [0.1, 0.15) is 23.0 Å². The van der Waals surface area contributed by atoms with Crippen LogP contribution in [0.3, 0.4) is 0 Å². The molecule has 0 atom stereocenters. The Balaban J connectivity index is 1.69. The Labute approximate surface area is 167 Å². The molecule has 1 fully saturated rings. The molecule has 4 rings (SSSR count). The maximum absolute atomic E-state index is 14.4. The average molecular weight is 418 g/mol. The van der Waals surface area contributed by atoms with Gasteiger partial charge in [-0.1, -0.05) is 17.7 Å². The summed E-state index contributed by atoms with van der Waals surface area (Å²) in [5.74, 6) is -0.951. The molecule has 0 amide bonds. The second kappa shape index (κ2) is 7.64. The highest BCUT2D eigenvalue weighted by Crippen LogP contribution is 2.29. The topological polar surface area (TPSA) is 75.2 Å². The average Bonchev–Trinajstić information content (AvgIpc) is 3.21. The lowest BCUT2D eigenvalue weighted by Gasteiger charge is -2.19. The first kappa shape index (κ1) is 19.7. The molecule has 9 heteroatoms. The molecule has 2 aromatic carbocycles. The summed E-state index contributed by atoms with van der Waals surface area (Å²) >= 11 is 0. The normalized spacial score (nSPS) is 14.7. The fourth-order valence-electron chi connectivity index (χ4n) is 3.40. The molecule has 0 unspecified atom stereocenters. The number of hydrogen-bond donors (Lipinski definition) is 1. The van der Waals surface area contributed by atoms with Crippen LogP contribution in [0, 0.1) is 18.6 Å². The fraction of sp³-hybridized carbons (Fsp3) is 0.300. The van der Waals surface area contributed by atoms with Crippen LogP contribution in [-0.4, -0.2) is 31.5 Å². The summed E-state index contributed by atoms with van der Waals surface area (Å²) in [6.07, 6.45) is 1.91. The minimum Gasteiger partial charge on any atom is -0.356 e. The number of benzene rings is 2. The van der Waals surface area contributed by atoms with E-state index in [0.717, 1.165) is 37.6 Å². The molecule has 1 saturated heterocycles. The first-order valence-corrected chi connectivity index (χ1v) is 10.8. The van der Waals surface area contributed by atoms with Gasteiger partial charge in [-0.15, -0.1) is 0 Å². The predicted octanol–water partition coefficient (Wildman–Crippen LogP) is 3.30. The molecule has 152 valence electrons. The first-order chi connectivity index (χ1) is 13.8. The summed E-state index contributed by atoms with van der Waals surface area (Å²) < 4.78 is 55.7. The van der Waals surface area contributed by atoms with Crippen molar-refractivity contribution in [1.82, 2.24) is 14.7 Å². The molecule has 0 saturated carbocycles. The minimum atomic E-state index is -3.77. The molecule has 0 spiro atoms. The van der Waals surface area contributed by atoms with Crippen molar-refractivity contribution in [3.8, 4) is 0 Å².